The zero-order chi connectivity index (χ0) is 14.8. The van der Waals surface area contributed by atoms with Gasteiger partial charge in [0.05, 0.1) is 22.0 Å². The summed E-state index contributed by atoms with van der Waals surface area (Å²) < 4.78 is 0. The van der Waals surface area contributed by atoms with Gasteiger partial charge in [-0.2, -0.15) is 0 Å². The molecule has 2 heterocycles. The van der Waals surface area contributed by atoms with E-state index in [1.54, 1.807) is 36.5 Å². The summed E-state index contributed by atoms with van der Waals surface area (Å²) >= 11 is 7.29. The normalized spacial score (nSPS) is 10.5. The van der Waals surface area contributed by atoms with Crippen LogP contribution in [0, 0.1) is 0 Å². The Morgan fingerprint density at radius 1 is 1.10 bits per heavy atom. The van der Waals surface area contributed by atoms with Gasteiger partial charge in [0.25, 0.3) is 0 Å². The molecule has 4 nitrogen and oxygen atoms in total. The lowest BCUT2D eigenvalue weighted by Crippen LogP contribution is -1.94. The van der Waals surface area contributed by atoms with Gasteiger partial charge < -0.3 is 5.11 Å². The minimum Gasteiger partial charge on any atom is -0.478 e. The summed E-state index contributed by atoms with van der Waals surface area (Å²) in [4.78, 5) is 19.6. The second-order valence-corrected chi connectivity index (χ2v) is 5.58. The SMILES string of the molecule is O=C(O)c1ccc(-c2csc(-c3ccc(Cl)cn3)n2)cc1. The third-order valence-corrected chi connectivity index (χ3v) is 3.97. The van der Waals surface area contributed by atoms with Crippen molar-refractivity contribution in [2.24, 2.45) is 0 Å². The van der Waals surface area contributed by atoms with Crippen LogP contribution in [0.15, 0.2) is 48.0 Å². The number of nitrogens with zero attached hydrogens (tertiary/aromatic N) is 2. The lowest BCUT2D eigenvalue weighted by atomic mass is 10.1. The van der Waals surface area contributed by atoms with E-state index in [-0.39, 0.29) is 5.56 Å². The molecule has 0 aliphatic rings. The molecule has 0 aliphatic carbocycles. The fraction of sp³-hybridized carbons (Fsp3) is 0. The standard InChI is InChI=1S/C15H9ClN2O2S/c16-11-5-6-12(17-7-11)14-18-13(8-21-14)9-1-3-10(4-2-9)15(19)20/h1-8H,(H,19,20). The van der Waals surface area contributed by atoms with Gasteiger partial charge >= 0.3 is 5.97 Å². The van der Waals surface area contributed by atoms with E-state index < -0.39 is 5.97 Å². The number of rotatable bonds is 3. The summed E-state index contributed by atoms with van der Waals surface area (Å²) in [6.07, 6.45) is 1.58. The monoisotopic (exact) mass is 316 g/mol. The van der Waals surface area contributed by atoms with E-state index in [1.807, 2.05) is 11.4 Å². The number of carboxylic acid groups (broad SMARTS) is 1. The van der Waals surface area contributed by atoms with Crippen molar-refractivity contribution in [1.29, 1.82) is 0 Å². The Labute approximate surface area is 129 Å². The maximum atomic E-state index is 10.8. The van der Waals surface area contributed by atoms with Crippen molar-refractivity contribution in [3.05, 3.63) is 58.6 Å². The van der Waals surface area contributed by atoms with Crippen molar-refractivity contribution in [3.63, 3.8) is 0 Å². The van der Waals surface area contributed by atoms with Crippen LogP contribution < -0.4 is 0 Å². The first kappa shape index (κ1) is 13.7. The number of hydrogen-bond donors (Lipinski definition) is 1. The highest BCUT2D eigenvalue weighted by Crippen LogP contribution is 2.28. The maximum Gasteiger partial charge on any atom is 0.335 e. The first-order chi connectivity index (χ1) is 10.1. The molecular formula is C15H9ClN2O2S. The van der Waals surface area contributed by atoms with Crippen LogP contribution in [0.1, 0.15) is 10.4 Å². The molecule has 0 fully saturated rings. The van der Waals surface area contributed by atoms with Crippen molar-refractivity contribution in [1.82, 2.24) is 9.97 Å². The van der Waals surface area contributed by atoms with E-state index >= 15 is 0 Å². The molecule has 0 radical (unpaired) electrons. The van der Waals surface area contributed by atoms with Gasteiger partial charge in [-0.1, -0.05) is 23.7 Å². The van der Waals surface area contributed by atoms with Gasteiger partial charge in [0.1, 0.15) is 5.01 Å². The van der Waals surface area contributed by atoms with Crippen molar-refractivity contribution in [2.75, 3.05) is 0 Å². The average Bonchev–Trinajstić information content (AvgIpc) is 2.98. The first-order valence-electron chi connectivity index (χ1n) is 6.04. The molecule has 0 unspecified atom stereocenters. The summed E-state index contributed by atoms with van der Waals surface area (Å²) in [7, 11) is 0. The summed E-state index contributed by atoms with van der Waals surface area (Å²) in [5.41, 5.74) is 2.69. The number of pyridine rings is 1. The molecule has 0 spiro atoms. The smallest absolute Gasteiger partial charge is 0.335 e. The maximum absolute atomic E-state index is 10.8. The van der Waals surface area contributed by atoms with E-state index in [9.17, 15) is 4.79 Å². The van der Waals surface area contributed by atoms with E-state index in [0.717, 1.165) is 22.0 Å². The third kappa shape index (κ3) is 2.94. The highest BCUT2D eigenvalue weighted by atomic mass is 35.5. The molecule has 21 heavy (non-hydrogen) atoms. The molecule has 0 amide bonds. The second kappa shape index (κ2) is 5.63. The molecule has 3 aromatic rings. The molecule has 1 aromatic carbocycles. The Morgan fingerprint density at radius 3 is 2.48 bits per heavy atom. The van der Waals surface area contributed by atoms with Crippen LogP contribution in [0.5, 0.6) is 0 Å². The number of halogens is 1. The highest BCUT2D eigenvalue weighted by Gasteiger charge is 2.09. The van der Waals surface area contributed by atoms with Crippen molar-refractivity contribution in [2.45, 2.75) is 0 Å². The van der Waals surface area contributed by atoms with Crippen LogP contribution in [-0.2, 0) is 0 Å². The van der Waals surface area contributed by atoms with Crippen LogP contribution in [0.3, 0.4) is 0 Å². The lowest BCUT2D eigenvalue weighted by Gasteiger charge is -1.98. The minimum atomic E-state index is -0.939. The topological polar surface area (TPSA) is 63.1 Å². The Morgan fingerprint density at radius 2 is 1.86 bits per heavy atom. The fourth-order valence-electron chi connectivity index (χ4n) is 1.81. The molecule has 0 saturated carbocycles. The molecule has 104 valence electrons. The Bertz CT molecular complexity index is 782. The Hall–Kier alpha value is -2.24. The summed E-state index contributed by atoms with van der Waals surface area (Å²) in [6.45, 7) is 0. The zero-order valence-corrected chi connectivity index (χ0v) is 12.2. The van der Waals surface area contributed by atoms with Crippen LogP contribution >= 0.6 is 22.9 Å². The average molecular weight is 317 g/mol. The molecule has 6 heteroatoms. The van der Waals surface area contributed by atoms with Crippen molar-refractivity contribution >= 4 is 28.9 Å². The number of aromatic carboxylic acids is 1. The van der Waals surface area contributed by atoms with Crippen LogP contribution in [-0.4, -0.2) is 21.0 Å². The number of aromatic nitrogens is 2. The fourth-order valence-corrected chi connectivity index (χ4v) is 2.73. The number of hydrogen-bond acceptors (Lipinski definition) is 4. The van der Waals surface area contributed by atoms with E-state index in [1.165, 1.54) is 11.3 Å². The first-order valence-corrected chi connectivity index (χ1v) is 7.30. The summed E-state index contributed by atoms with van der Waals surface area (Å²) in [5.74, 6) is -0.939. The quantitative estimate of drug-likeness (QED) is 0.785. The van der Waals surface area contributed by atoms with E-state index in [0.29, 0.717) is 5.02 Å². The molecular weight excluding hydrogens is 308 g/mol. The van der Waals surface area contributed by atoms with Crippen LogP contribution in [0.25, 0.3) is 22.0 Å². The van der Waals surface area contributed by atoms with Gasteiger partial charge in [-0.05, 0) is 24.3 Å². The predicted octanol–water partition coefficient (Wildman–Crippen LogP) is 4.22. The summed E-state index contributed by atoms with van der Waals surface area (Å²) in [6, 6.07) is 10.2. The van der Waals surface area contributed by atoms with Gasteiger partial charge in [-0.25, -0.2) is 9.78 Å². The van der Waals surface area contributed by atoms with Gasteiger partial charge in [-0.15, -0.1) is 11.3 Å². The van der Waals surface area contributed by atoms with Crippen molar-refractivity contribution < 1.29 is 9.90 Å². The molecule has 0 atom stereocenters. The number of carbonyl (C=O) groups is 1. The predicted molar refractivity (Wildman–Crippen MR) is 82.8 cm³/mol. The van der Waals surface area contributed by atoms with E-state index in [2.05, 4.69) is 9.97 Å². The van der Waals surface area contributed by atoms with Gasteiger partial charge in [0, 0.05) is 17.1 Å². The van der Waals surface area contributed by atoms with Gasteiger partial charge in [0.15, 0.2) is 0 Å². The van der Waals surface area contributed by atoms with Gasteiger partial charge in [0.2, 0.25) is 0 Å². The summed E-state index contributed by atoms with van der Waals surface area (Å²) in [5, 5.41) is 12.2. The molecule has 0 bridgehead atoms. The largest absolute Gasteiger partial charge is 0.478 e. The molecule has 1 N–H and O–H groups in total. The number of carboxylic acids is 1. The van der Waals surface area contributed by atoms with E-state index in [4.69, 9.17) is 16.7 Å². The highest BCUT2D eigenvalue weighted by molar-refractivity contribution is 7.13. The van der Waals surface area contributed by atoms with Gasteiger partial charge in [-0.3, -0.25) is 4.98 Å². The molecule has 0 aliphatic heterocycles. The number of thiazole rings is 1. The molecule has 2 aromatic heterocycles. The van der Waals surface area contributed by atoms with Crippen LogP contribution in [0.4, 0.5) is 0 Å². The lowest BCUT2D eigenvalue weighted by molar-refractivity contribution is 0.0697. The molecule has 3 rings (SSSR count). The number of benzene rings is 1. The zero-order valence-electron chi connectivity index (χ0n) is 10.7. The third-order valence-electron chi connectivity index (χ3n) is 2.88. The van der Waals surface area contributed by atoms with Crippen molar-refractivity contribution in [3.8, 4) is 22.0 Å². The molecule has 0 saturated heterocycles. The minimum absolute atomic E-state index is 0.258. The second-order valence-electron chi connectivity index (χ2n) is 4.28. The Balaban J connectivity index is 1.90. The van der Waals surface area contributed by atoms with Crippen LogP contribution in [0.2, 0.25) is 5.02 Å². The Kier molecular flexibility index (Phi) is 3.68.